The third-order valence-corrected chi connectivity index (χ3v) is 4.38. The summed E-state index contributed by atoms with van der Waals surface area (Å²) in [4.78, 5) is 12.1. The lowest BCUT2D eigenvalue weighted by Crippen LogP contribution is -2.38. The molecule has 16 heavy (non-hydrogen) atoms. The molecule has 0 heterocycles. The monoisotopic (exact) mass is 218 g/mol. The molecule has 1 fully saturated rings. The highest BCUT2D eigenvalue weighted by Crippen LogP contribution is 2.46. The van der Waals surface area contributed by atoms with Crippen molar-refractivity contribution in [1.29, 1.82) is 0 Å². The minimum atomic E-state index is 0.0939. The molecule has 0 aromatic rings. The van der Waals surface area contributed by atoms with Gasteiger partial charge < -0.3 is 0 Å². The first-order chi connectivity index (χ1) is 7.50. The van der Waals surface area contributed by atoms with Gasteiger partial charge in [-0.2, -0.15) is 0 Å². The van der Waals surface area contributed by atoms with Crippen molar-refractivity contribution >= 4 is 5.78 Å². The molecule has 2 aliphatic rings. The van der Waals surface area contributed by atoms with Gasteiger partial charge in [0.15, 0.2) is 5.78 Å². The van der Waals surface area contributed by atoms with Crippen LogP contribution < -0.4 is 0 Å². The predicted molar refractivity (Wildman–Crippen MR) is 67.1 cm³/mol. The largest absolute Gasteiger partial charge is 0.294 e. The van der Waals surface area contributed by atoms with Crippen LogP contribution in [0.1, 0.15) is 40.0 Å². The third-order valence-electron chi connectivity index (χ3n) is 4.38. The van der Waals surface area contributed by atoms with Gasteiger partial charge in [0.05, 0.1) is 0 Å². The Morgan fingerprint density at radius 2 is 2.12 bits per heavy atom. The maximum atomic E-state index is 12.1. The van der Waals surface area contributed by atoms with Crippen molar-refractivity contribution in [3.63, 3.8) is 0 Å². The molecule has 0 radical (unpaired) electrons. The zero-order valence-corrected chi connectivity index (χ0v) is 10.6. The smallest absolute Gasteiger partial charge is 0.163 e. The van der Waals surface area contributed by atoms with Gasteiger partial charge in [-0.05, 0) is 50.5 Å². The lowest BCUT2D eigenvalue weighted by atomic mass is 9.61. The Morgan fingerprint density at radius 1 is 1.44 bits per heavy atom. The van der Waals surface area contributed by atoms with Crippen LogP contribution >= 0.6 is 0 Å². The fraction of sp³-hybridized carbons (Fsp3) is 0.667. The second kappa shape index (κ2) is 4.20. The van der Waals surface area contributed by atoms with Gasteiger partial charge in [-0.15, -0.1) is 0 Å². The van der Waals surface area contributed by atoms with E-state index < -0.39 is 0 Å². The van der Waals surface area contributed by atoms with E-state index in [1.165, 1.54) is 24.8 Å². The fourth-order valence-corrected chi connectivity index (χ4v) is 3.60. The lowest BCUT2D eigenvalue weighted by molar-refractivity contribution is -0.120. The highest BCUT2D eigenvalue weighted by atomic mass is 16.1. The number of rotatable bonds is 1. The molecule has 2 rings (SSSR count). The van der Waals surface area contributed by atoms with Crippen LogP contribution in [0.4, 0.5) is 0 Å². The molecule has 0 amide bonds. The zero-order chi connectivity index (χ0) is 11.9. The van der Waals surface area contributed by atoms with Crippen molar-refractivity contribution in [2.45, 2.75) is 40.0 Å². The van der Waals surface area contributed by atoms with Crippen LogP contribution in [-0.2, 0) is 4.79 Å². The van der Waals surface area contributed by atoms with Crippen molar-refractivity contribution in [2.24, 2.45) is 23.7 Å². The number of allylic oxidation sites excluding steroid dienone is 3. The van der Waals surface area contributed by atoms with Gasteiger partial charge in [0.25, 0.3) is 0 Å². The van der Waals surface area contributed by atoms with Crippen molar-refractivity contribution < 1.29 is 4.79 Å². The third kappa shape index (κ3) is 1.88. The Hall–Kier alpha value is -0.850. The Balaban J connectivity index is 2.33. The lowest BCUT2D eigenvalue weighted by Gasteiger charge is -2.42. The molecule has 0 aliphatic heterocycles. The van der Waals surface area contributed by atoms with E-state index in [2.05, 4.69) is 20.4 Å². The minimum Gasteiger partial charge on any atom is -0.294 e. The van der Waals surface area contributed by atoms with Gasteiger partial charge in [0.2, 0.25) is 0 Å². The summed E-state index contributed by atoms with van der Waals surface area (Å²) < 4.78 is 0. The first-order valence-electron chi connectivity index (χ1n) is 6.38. The second-order valence-electron chi connectivity index (χ2n) is 5.80. The predicted octanol–water partition coefficient (Wildman–Crippen LogP) is 3.76. The molecule has 0 N–H and O–H groups in total. The first kappa shape index (κ1) is 11.6. The van der Waals surface area contributed by atoms with Crippen LogP contribution in [0.25, 0.3) is 0 Å². The van der Waals surface area contributed by atoms with Crippen LogP contribution in [0.5, 0.6) is 0 Å². The Labute approximate surface area is 98.6 Å². The Bertz CT molecular complexity index is 350. The van der Waals surface area contributed by atoms with Gasteiger partial charge in [0.1, 0.15) is 0 Å². The summed E-state index contributed by atoms with van der Waals surface area (Å²) in [6.45, 7) is 10.5. The normalized spacial score (nSPS) is 38.9. The molecular formula is C15H22O. The van der Waals surface area contributed by atoms with E-state index in [-0.39, 0.29) is 5.92 Å². The molecule has 0 bridgehead atoms. The van der Waals surface area contributed by atoms with Crippen LogP contribution in [0.2, 0.25) is 0 Å². The molecule has 2 aliphatic carbocycles. The maximum Gasteiger partial charge on any atom is 0.163 e. The first-order valence-corrected chi connectivity index (χ1v) is 6.38. The molecule has 1 nitrogen and oxygen atoms in total. The van der Waals surface area contributed by atoms with Crippen molar-refractivity contribution in [3.05, 3.63) is 23.8 Å². The Morgan fingerprint density at radius 3 is 2.75 bits per heavy atom. The van der Waals surface area contributed by atoms with Crippen LogP contribution in [0.3, 0.4) is 0 Å². The fourth-order valence-electron chi connectivity index (χ4n) is 3.60. The minimum absolute atomic E-state index is 0.0939. The number of carbonyl (C=O) groups is 1. The summed E-state index contributed by atoms with van der Waals surface area (Å²) in [6, 6.07) is 0. The summed E-state index contributed by atoms with van der Waals surface area (Å²) >= 11 is 0. The van der Waals surface area contributed by atoms with E-state index in [9.17, 15) is 4.79 Å². The van der Waals surface area contributed by atoms with Crippen molar-refractivity contribution in [3.8, 4) is 0 Å². The number of carbonyl (C=O) groups excluding carboxylic acids is 1. The van der Waals surface area contributed by atoms with Gasteiger partial charge in [-0.25, -0.2) is 0 Å². The van der Waals surface area contributed by atoms with Crippen LogP contribution in [0.15, 0.2) is 23.8 Å². The average molecular weight is 218 g/mol. The topological polar surface area (TPSA) is 17.1 Å². The number of hydrogen-bond acceptors (Lipinski definition) is 1. The zero-order valence-electron chi connectivity index (χ0n) is 10.6. The van der Waals surface area contributed by atoms with E-state index in [0.717, 1.165) is 11.5 Å². The van der Waals surface area contributed by atoms with Gasteiger partial charge in [-0.3, -0.25) is 4.79 Å². The summed E-state index contributed by atoms with van der Waals surface area (Å²) in [7, 11) is 0. The molecule has 0 unspecified atom stereocenters. The summed E-state index contributed by atoms with van der Waals surface area (Å²) in [5.41, 5.74) is 2.36. The highest BCUT2D eigenvalue weighted by Gasteiger charge is 2.41. The van der Waals surface area contributed by atoms with E-state index in [1.54, 1.807) is 0 Å². The number of hydrogen-bond donors (Lipinski definition) is 0. The molecular weight excluding hydrogens is 196 g/mol. The molecule has 0 spiro atoms. The highest BCUT2D eigenvalue weighted by molar-refractivity contribution is 5.95. The number of ketones is 1. The summed E-state index contributed by atoms with van der Waals surface area (Å²) in [5.74, 6) is 2.31. The van der Waals surface area contributed by atoms with E-state index in [4.69, 9.17) is 0 Å². The standard InChI is InChI=1S/C15H22O/c1-9(2)15-13-7-10(3)5-6-12(13)11(4)8-14(15)16/h8,10,12-13,15H,1,5-7H2,2-4H3/t10-,12-,13+,15-/m0/s1. The molecule has 0 aromatic heterocycles. The SMILES string of the molecule is C=C(C)[C@@H]1C(=O)C=C(C)[C@@H]2CC[C@H](C)C[C@@H]12. The molecule has 1 heteroatoms. The van der Waals surface area contributed by atoms with Crippen LogP contribution in [-0.4, -0.2) is 5.78 Å². The maximum absolute atomic E-state index is 12.1. The van der Waals surface area contributed by atoms with Gasteiger partial charge in [-0.1, -0.05) is 31.1 Å². The molecule has 1 saturated carbocycles. The summed E-state index contributed by atoms with van der Waals surface area (Å²) in [6.07, 6.45) is 5.63. The van der Waals surface area contributed by atoms with Crippen molar-refractivity contribution in [2.75, 3.05) is 0 Å². The molecule has 0 saturated heterocycles. The number of fused-ring (bicyclic) bond motifs is 1. The average Bonchev–Trinajstić information content (AvgIpc) is 2.15. The van der Waals surface area contributed by atoms with Gasteiger partial charge >= 0.3 is 0 Å². The molecule has 88 valence electrons. The van der Waals surface area contributed by atoms with E-state index in [1.807, 2.05) is 13.0 Å². The van der Waals surface area contributed by atoms with E-state index in [0.29, 0.717) is 17.6 Å². The second-order valence-corrected chi connectivity index (χ2v) is 5.80. The van der Waals surface area contributed by atoms with Crippen molar-refractivity contribution in [1.82, 2.24) is 0 Å². The van der Waals surface area contributed by atoms with E-state index >= 15 is 0 Å². The Kier molecular flexibility index (Phi) is 3.05. The van der Waals surface area contributed by atoms with Crippen LogP contribution in [0, 0.1) is 23.7 Å². The molecule has 4 atom stereocenters. The quantitative estimate of drug-likeness (QED) is 0.612. The molecule has 0 aromatic carbocycles. The van der Waals surface area contributed by atoms with Gasteiger partial charge in [0, 0.05) is 5.92 Å². The summed E-state index contributed by atoms with van der Waals surface area (Å²) in [5, 5.41) is 0.